The third-order valence-electron chi connectivity index (χ3n) is 2.56. The zero-order valence-electron chi connectivity index (χ0n) is 7.92. The Morgan fingerprint density at radius 2 is 2.07 bits per heavy atom. The first-order valence-corrected chi connectivity index (χ1v) is 4.79. The number of ketones is 1. The number of hydrogen-bond donors (Lipinski definition) is 0. The van der Waals surface area contributed by atoms with Gasteiger partial charge in [-0.1, -0.05) is 18.2 Å². The normalized spacial score (nSPS) is 22.0. The number of dihydropyridines is 1. The molecule has 0 amide bonds. The Kier molecular flexibility index (Phi) is 1.65. The Bertz CT molecular complexity index is 526. The maximum atomic E-state index is 12.0. The summed E-state index contributed by atoms with van der Waals surface area (Å²) in [5.74, 6) is 0.398. The highest BCUT2D eigenvalue weighted by Gasteiger charge is 2.29. The summed E-state index contributed by atoms with van der Waals surface area (Å²) in [7, 11) is 0. The number of allylic oxidation sites excluding steroid dienone is 1. The number of fused-ring (bicyclic) bond motifs is 2. The van der Waals surface area contributed by atoms with Gasteiger partial charge in [-0.15, -0.1) is 0 Å². The summed E-state index contributed by atoms with van der Waals surface area (Å²) in [5, 5.41) is 0. The second-order valence-corrected chi connectivity index (χ2v) is 3.49. The third kappa shape index (κ3) is 1.16. The number of carbonyl (C=O) groups is 1. The van der Waals surface area contributed by atoms with Gasteiger partial charge in [0.25, 0.3) is 0 Å². The summed E-state index contributed by atoms with van der Waals surface area (Å²) in [4.78, 5) is 20.5. The van der Waals surface area contributed by atoms with Crippen molar-refractivity contribution in [3.63, 3.8) is 0 Å². The van der Waals surface area contributed by atoms with Gasteiger partial charge in [-0.3, -0.25) is 4.79 Å². The second-order valence-electron chi connectivity index (χ2n) is 3.49. The van der Waals surface area contributed by atoms with Crippen molar-refractivity contribution in [2.24, 2.45) is 15.9 Å². The number of para-hydroxylation sites is 1. The van der Waals surface area contributed by atoms with Crippen molar-refractivity contribution in [1.29, 1.82) is 0 Å². The molecule has 3 rings (SSSR count). The fraction of sp³-hybridized carbons (Fsp3) is 0.0833. The van der Waals surface area contributed by atoms with E-state index in [0.717, 1.165) is 5.69 Å². The standard InChI is InChI=1S/C12H8N2O/c15-11-8-4-1-2-6-10(8)14-12-9(11)5-3-7-13-12/h1-7,9H. The summed E-state index contributed by atoms with van der Waals surface area (Å²) >= 11 is 0. The summed E-state index contributed by atoms with van der Waals surface area (Å²) in [6, 6.07) is 7.38. The molecular formula is C12H8N2O. The van der Waals surface area contributed by atoms with E-state index in [2.05, 4.69) is 9.98 Å². The van der Waals surface area contributed by atoms with E-state index < -0.39 is 0 Å². The minimum atomic E-state index is -0.287. The van der Waals surface area contributed by atoms with Crippen LogP contribution in [0.15, 0.2) is 46.4 Å². The van der Waals surface area contributed by atoms with Crippen LogP contribution in [0.2, 0.25) is 0 Å². The molecule has 1 atom stereocenters. The molecule has 2 aliphatic heterocycles. The van der Waals surface area contributed by atoms with Crippen molar-refractivity contribution in [2.75, 3.05) is 0 Å². The Balaban J connectivity index is 2.23. The van der Waals surface area contributed by atoms with Gasteiger partial charge in [0.15, 0.2) is 5.78 Å². The molecule has 0 aliphatic carbocycles. The van der Waals surface area contributed by atoms with Gasteiger partial charge >= 0.3 is 0 Å². The summed E-state index contributed by atoms with van der Waals surface area (Å²) < 4.78 is 0. The number of amidine groups is 1. The van der Waals surface area contributed by atoms with Gasteiger partial charge in [0.1, 0.15) is 11.8 Å². The quantitative estimate of drug-likeness (QED) is 0.627. The molecule has 0 bridgehead atoms. The Morgan fingerprint density at radius 1 is 1.20 bits per heavy atom. The molecule has 2 aliphatic rings. The van der Waals surface area contributed by atoms with E-state index in [1.807, 2.05) is 30.3 Å². The van der Waals surface area contributed by atoms with Crippen molar-refractivity contribution in [2.45, 2.75) is 0 Å². The van der Waals surface area contributed by atoms with Crippen LogP contribution in [-0.4, -0.2) is 17.8 Å². The lowest BCUT2D eigenvalue weighted by Gasteiger charge is -2.19. The Labute approximate surface area is 86.9 Å². The Hall–Kier alpha value is -2.03. The molecule has 1 aromatic carbocycles. The highest BCUT2D eigenvalue weighted by molar-refractivity contribution is 6.21. The average Bonchev–Trinajstić information content (AvgIpc) is 2.30. The molecule has 0 N–H and O–H groups in total. The molecule has 0 saturated heterocycles. The van der Waals surface area contributed by atoms with Crippen LogP contribution < -0.4 is 0 Å². The van der Waals surface area contributed by atoms with E-state index >= 15 is 0 Å². The van der Waals surface area contributed by atoms with Gasteiger partial charge in [0.2, 0.25) is 0 Å². The predicted molar refractivity (Wildman–Crippen MR) is 59.0 cm³/mol. The molecule has 0 saturated carbocycles. The summed E-state index contributed by atoms with van der Waals surface area (Å²) in [6.07, 6.45) is 5.29. The molecule has 72 valence electrons. The molecule has 3 nitrogen and oxygen atoms in total. The minimum Gasteiger partial charge on any atom is -0.293 e. The predicted octanol–water partition coefficient (Wildman–Crippen LogP) is 2.17. The molecule has 0 radical (unpaired) electrons. The van der Waals surface area contributed by atoms with E-state index in [1.54, 1.807) is 12.3 Å². The largest absolute Gasteiger partial charge is 0.293 e. The zero-order valence-corrected chi connectivity index (χ0v) is 7.92. The highest BCUT2D eigenvalue weighted by Crippen LogP contribution is 2.30. The van der Waals surface area contributed by atoms with Crippen molar-refractivity contribution in [3.8, 4) is 0 Å². The van der Waals surface area contributed by atoms with Crippen LogP contribution in [0, 0.1) is 5.92 Å². The van der Waals surface area contributed by atoms with Crippen LogP contribution in [0.25, 0.3) is 0 Å². The van der Waals surface area contributed by atoms with Crippen molar-refractivity contribution in [3.05, 3.63) is 42.0 Å². The number of benzene rings is 1. The third-order valence-corrected chi connectivity index (χ3v) is 2.56. The van der Waals surface area contributed by atoms with Crippen LogP contribution in [0.3, 0.4) is 0 Å². The molecule has 15 heavy (non-hydrogen) atoms. The van der Waals surface area contributed by atoms with Crippen LogP contribution >= 0.6 is 0 Å². The second kappa shape index (κ2) is 2.98. The van der Waals surface area contributed by atoms with Crippen LogP contribution in [0.4, 0.5) is 5.69 Å². The SMILES string of the molecule is O=C1c2ccccc2N=C2N=CC=CC12. The molecule has 0 aromatic heterocycles. The first kappa shape index (κ1) is 8.29. The van der Waals surface area contributed by atoms with Gasteiger partial charge in [0, 0.05) is 11.8 Å². The lowest BCUT2D eigenvalue weighted by atomic mass is 9.91. The molecule has 2 heterocycles. The van der Waals surface area contributed by atoms with Gasteiger partial charge in [-0.05, 0) is 18.2 Å². The number of rotatable bonds is 0. The highest BCUT2D eigenvalue weighted by atomic mass is 16.1. The fourth-order valence-electron chi connectivity index (χ4n) is 1.82. The molecule has 1 aromatic rings. The summed E-state index contributed by atoms with van der Waals surface area (Å²) in [6.45, 7) is 0. The van der Waals surface area contributed by atoms with Crippen molar-refractivity contribution < 1.29 is 4.79 Å². The summed E-state index contributed by atoms with van der Waals surface area (Å²) in [5.41, 5.74) is 1.41. The van der Waals surface area contributed by atoms with Crippen molar-refractivity contribution >= 4 is 23.5 Å². The number of carbonyl (C=O) groups excluding carboxylic acids is 1. The van der Waals surface area contributed by atoms with Gasteiger partial charge in [-0.2, -0.15) is 0 Å². The molecule has 3 heteroatoms. The van der Waals surface area contributed by atoms with Gasteiger partial charge in [-0.25, -0.2) is 9.98 Å². The first-order valence-electron chi connectivity index (χ1n) is 4.79. The molecule has 0 fully saturated rings. The van der Waals surface area contributed by atoms with E-state index in [-0.39, 0.29) is 11.7 Å². The number of aliphatic imine (C=N–C) groups is 2. The Morgan fingerprint density at radius 3 is 3.00 bits per heavy atom. The van der Waals surface area contributed by atoms with Crippen LogP contribution in [0.5, 0.6) is 0 Å². The van der Waals surface area contributed by atoms with E-state index in [9.17, 15) is 4.79 Å². The van der Waals surface area contributed by atoms with Gasteiger partial charge in [0.05, 0.1) is 5.69 Å². The lowest BCUT2D eigenvalue weighted by molar-refractivity contribution is 0.0971. The fourth-order valence-corrected chi connectivity index (χ4v) is 1.82. The topological polar surface area (TPSA) is 41.8 Å². The first-order chi connectivity index (χ1) is 7.36. The molecule has 0 spiro atoms. The van der Waals surface area contributed by atoms with Crippen LogP contribution in [0.1, 0.15) is 10.4 Å². The van der Waals surface area contributed by atoms with Crippen molar-refractivity contribution in [1.82, 2.24) is 0 Å². The van der Waals surface area contributed by atoms with Crippen LogP contribution in [-0.2, 0) is 0 Å². The van der Waals surface area contributed by atoms with E-state index in [4.69, 9.17) is 0 Å². The minimum absolute atomic E-state index is 0.0868. The van der Waals surface area contributed by atoms with E-state index in [0.29, 0.717) is 11.4 Å². The van der Waals surface area contributed by atoms with E-state index in [1.165, 1.54) is 0 Å². The number of hydrogen-bond acceptors (Lipinski definition) is 3. The maximum absolute atomic E-state index is 12.0. The number of nitrogens with zero attached hydrogens (tertiary/aromatic N) is 2. The number of Topliss-reactive ketones (excluding diaryl/α,β-unsaturated/α-hetero) is 1. The smallest absolute Gasteiger partial charge is 0.179 e. The van der Waals surface area contributed by atoms with Gasteiger partial charge < -0.3 is 0 Å². The monoisotopic (exact) mass is 196 g/mol. The maximum Gasteiger partial charge on any atom is 0.179 e. The molecule has 1 unspecified atom stereocenters. The zero-order chi connectivity index (χ0) is 10.3. The molecular weight excluding hydrogens is 188 g/mol. The lowest BCUT2D eigenvalue weighted by Crippen LogP contribution is -2.26. The average molecular weight is 196 g/mol.